The zero-order valence-corrected chi connectivity index (χ0v) is 8.75. The van der Waals surface area contributed by atoms with Crippen molar-refractivity contribution in [2.24, 2.45) is 0 Å². The number of hydrogen-bond donors (Lipinski definition) is 0. The molecule has 0 aromatic rings. The van der Waals surface area contributed by atoms with Crippen LogP contribution in [0.2, 0.25) is 0 Å². The summed E-state index contributed by atoms with van der Waals surface area (Å²) in [5, 5.41) is 0. The minimum absolute atomic E-state index is 0.155. The maximum absolute atomic E-state index is 11.1. The third-order valence-corrected chi connectivity index (χ3v) is 2.35. The van der Waals surface area contributed by atoms with Gasteiger partial charge in [-0.05, 0) is 18.4 Å². The zero-order valence-electron chi connectivity index (χ0n) is 8.75. The van der Waals surface area contributed by atoms with Crippen LogP contribution in [0.4, 0.5) is 0 Å². The summed E-state index contributed by atoms with van der Waals surface area (Å²) in [6, 6.07) is 0. The van der Waals surface area contributed by atoms with Gasteiger partial charge in [0.15, 0.2) is 0 Å². The van der Waals surface area contributed by atoms with Crippen molar-refractivity contribution in [2.45, 2.75) is 26.2 Å². The summed E-state index contributed by atoms with van der Waals surface area (Å²) in [6.07, 6.45) is 10.4. The number of ether oxygens (including phenoxy) is 1. The number of esters is 1. The van der Waals surface area contributed by atoms with Crippen LogP contribution in [0.5, 0.6) is 0 Å². The molecule has 0 spiro atoms. The van der Waals surface area contributed by atoms with E-state index in [-0.39, 0.29) is 5.97 Å². The summed E-state index contributed by atoms with van der Waals surface area (Å²) in [5.41, 5.74) is 2.43. The molecule has 0 fully saturated rings. The molecule has 0 aromatic heterocycles. The van der Waals surface area contributed by atoms with Crippen LogP contribution in [-0.4, -0.2) is 13.1 Å². The van der Waals surface area contributed by atoms with E-state index in [4.69, 9.17) is 0 Å². The Morgan fingerprint density at radius 2 is 2.29 bits per heavy atom. The van der Waals surface area contributed by atoms with Crippen molar-refractivity contribution in [3.63, 3.8) is 0 Å². The largest absolute Gasteiger partial charge is 0.469 e. The lowest BCUT2D eigenvalue weighted by atomic mass is 9.97. The molecule has 0 bridgehead atoms. The topological polar surface area (TPSA) is 26.3 Å². The van der Waals surface area contributed by atoms with Crippen molar-refractivity contribution < 1.29 is 9.53 Å². The third kappa shape index (κ3) is 2.87. The van der Waals surface area contributed by atoms with Gasteiger partial charge in [-0.2, -0.15) is 0 Å². The van der Waals surface area contributed by atoms with E-state index < -0.39 is 0 Å². The van der Waals surface area contributed by atoms with E-state index in [9.17, 15) is 4.79 Å². The fourth-order valence-corrected chi connectivity index (χ4v) is 1.49. The van der Waals surface area contributed by atoms with Gasteiger partial charge < -0.3 is 4.74 Å². The molecule has 0 atom stereocenters. The predicted octanol–water partition coefficient (Wildman–Crippen LogP) is 2.77. The molecule has 2 nitrogen and oxygen atoms in total. The van der Waals surface area contributed by atoms with Gasteiger partial charge in [0, 0.05) is 0 Å². The summed E-state index contributed by atoms with van der Waals surface area (Å²) in [5.74, 6) is -0.155. The Labute approximate surface area is 85.0 Å². The third-order valence-electron chi connectivity index (χ3n) is 2.35. The van der Waals surface area contributed by atoms with E-state index in [2.05, 4.69) is 23.8 Å². The van der Waals surface area contributed by atoms with Crippen molar-refractivity contribution in [2.75, 3.05) is 7.11 Å². The highest BCUT2D eigenvalue weighted by atomic mass is 16.5. The summed E-state index contributed by atoms with van der Waals surface area (Å²) >= 11 is 0. The molecule has 0 aliphatic heterocycles. The predicted molar refractivity (Wildman–Crippen MR) is 56.8 cm³/mol. The number of rotatable bonds is 3. The van der Waals surface area contributed by atoms with Crippen LogP contribution in [0, 0.1) is 0 Å². The van der Waals surface area contributed by atoms with Gasteiger partial charge in [-0.15, -0.1) is 0 Å². The molecule has 0 radical (unpaired) electrons. The van der Waals surface area contributed by atoms with Gasteiger partial charge in [0.2, 0.25) is 0 Å². The fraction of sp³-hybridized carbons (Fsp3) is 0.417. The van der Waals surface area contributed by atoms with Gasteiger partial charge in [-0.3, -0.25) is 4.79 Å². The van der Waals surface area contributed by atoms with Crippen molar-refractivity contribution in [3.8, 4) is 0 Å². The molecule has 76 valence electrons. The highest BCUT2D eigenvalue weighted by Crippen LogP contribution is 2.20. The second-order valence-electron chi connectivity index (χ2n) is 3.23. The van der Waals surface area contributed by atoms with E-state index in [0.29, 0.717) is 6.42 Å². The number of methoxy groups -OCH3 is 1. The molecule has 14 heavy (non-hydrogen) atoms. The second kappa shape index (κ2) is 5.43. The first kappa shape index (κ1) is 10.8. The molecule has 0 heterocycles. The maximum Gasteiger partial charge on any atom is 0.309 e. The lowest BCUT2D eigenvalue weighted by Crippen LogP contribution is -2.03. The molecule has 1 aliphatic carbocycles. The van der Waals surface area contributed by atoms with Gasteiger partial charge in [0.25, 0.3) is 0 Å². The Kier molecular flexibility index (Phi) is 4.17. The first-order valence-corrected chi connectivity index (χ1v) is 4.88. The minimum Gasteiger partial charge on any atom is -0.469 e. The van der Waals surface area contributed by atoms with E-state index in [1.165, 1.54) is 18.3 Å². The molecule has 1 aliphatic rings. The Hall–Kier alpha value is -1.31. The minimum atomic E-state index is -0.155. The van der Waals surface area contributed by atoms with E-state index in [1.807, 2.05) is 12.2 Å². The molecule has 0 saturated carbocycles. The standard InChI is InChI=1S/C12H16O2/c1-3-10(9-12(13)14-2)11-7-5-4-6-8-11/h4-7H,3,8-9H2,1-2H3/b11-10-. The van der Waals surface area contributed by atoms with Crippen molar-refractivity contribution in [3.05, 3.63) is 35.5 Å². The normalized spacial score (nSPS) is 18.1. The molecule has 0 amide bonds. The molecule has 0 N–H and O–H groups in total. The lowest BCUT2D eigenvalue weighted by Gasteiger charge is -2.10. The number of carbonyl (C=O) groups is 1. The quantitative estimate of drug-likeness (QED) is 0.643. The Morgan fingerprint density at radius 1 is 1.50 bits per heavy atom. The van der Waals surface area contributed by atoms with Crippen LogP contribution in [0.15, 0.2) is 35.5 Å². The summed E-state index contributed by atoms with van der Waals surface area (Å²) in [6.45, 7) is 2.07. The first-order valence-electron chi connectivity index (χ1n) is 4.88. The highest BCUT2D eigenvalue weighted by molar-refractivity contribution is 5.72. The molecule has 1 rings (SSSR count). The first-order chi connectivity index (χ1) is 6.77. The SMILES string of the molecule is CC/C(CC(=O)OC)=C1\C=CC=CC1. The summed E-state index contributed by atoms with van der Waals surface area (Å²) in [7, 11) is 1.43. The van der Waals surface area contributed by atoms with Crippen LogP contribution in [-0.2, 0) is 9.53 Å². The highest BCUT2D eigenvalue weighted by Gasteiger charge is 2.08. The van der Waals surface area contributed by atoms with Crippen molar-refractivity contribution in [1.82, 2.24) is 0 Å². The number of hydrogen-bond acceptors (Lipinski definition) is 2. The van der Waals surface area contributed by atoms with Gasteiger partial charge in [-0.1, -0.05) is 36.8 Å². The number of allylic oxidation sites excluding steroid dienone is 5. The average molecular weight is 192 g/mol. The van der Waals surface area contributed by atoms with Gasteiger partial charge in [0.1, 0.15) is 0 Å². The van der Waals surface area contributed by atoms with E-state index in [1.54, 1.807) is 0 Å². The lowest BCUT2D eigenvalue weighted by molar-refractivity contribution is -0.139. The van der Waals surface area contributed by atoms with Crippen molar-refractivity contribution in [1.29, 1.82) is 0 Å². The second-order valence-corrected chi connectivity index (χ2v) is 3.23. The molecular formula is C12H16O2. The summed E-state index contributed by atoms with van der Waals surface area (Å²) in [4.78, 5) is 11.1. The summed E-state index contributed by atoms with van der Waals surface area (Å²) < 4.78 is 4.66. The number of carbonyl (C=O) groups excluding carboxylic acids is 1. The Bertz CT molecular complexity index is 295. The molecule has 0 saturated heterocycles. The smallest absolute Gasteiger partial charge is 0.309 e. The Balaban J connectivity index is 2.74. The van der Waals surface area contributed by atoms with Crippen LogP contribution < -0.4 is 0 Å². The Morgan fingerprint density at radius 3 is 2.79 bits per heavy atom. The molecule has 0 aromatic carbocycles. The zero-order chi connectivity index (χ0) is 10.4. The van der Waals surface area contributed by atoms with Crippen LogP contribution in [0.25, 0.3) is 0 Å². The van der Waals surface area contributed by atoms with E-state index in [0.717, 1.165) is 12.8 Å². The van der Waals surface area contributed by atoms with Gasteiger partial charge >= 0.3 is 5.97 Å². The van der Waals surface area contributed by atoms with Gasteiger partial charge in [0.05, 0.1) is 13.5 Å². The van der Waals surface area contributed by atoms with Crippen LogP contribution >= 0.6 is 0 Å². The van der Waals surface area contributed by atoms with Crippen molar-refractivity contribution >= 4 is 5.97 Å². The molecule has 2 heteroatoms. The molecular weight excluding hydrogens is 176 g/mol. The van der Waals surface area contributed by atoms with Crippen LogP contribution in [0.3, 0.4) is 0 Å². The monoisotopic (exact) mass is 192 g/mol. The van der Waals surface area contributed by atoms with Crippen LogP contribution in [0.1, 0.15) is 26.2 Å². The maximum atomic E-state index is 11.1. The fourth-order valence-electron chi connectivity index (χ4n) is 1.49. The van der Waals surface area contributed by atoms with E-state index >= 15 is 0 Å². The molecule has 0 unspecified atom stereocenters. The average Bonchev–Trinajstić information content (AvgIpc) is 2.26. The van der Waals surface area contributed by atoms with Gasteiger partial charge in [-0.25, -0.2) is 0 Å².